The van der Waals surface area contributed by atoms with E-state index < -0.39 is 0 Å². The van der Waals surface area contributed by atoms with Crippen molar-refractivity contribution in [3.05, 3.63) is 48.7 Å². The van der Waals surface area contributed by atoms with Crippen molar-refractivity contribution in [2.45, 2.75) is 11.6 Å². The fourth-order valence-corrected chi connectivity index (χ4v) is 3.34. The number of furan rings is 1. The molecule has 0 saturated carbocycles. The van der Waals surface area contributed by atoms with Gasteiger partial charge in [0.1, 0.15) is 0 Å². The zero-order valence-corrected chi connectivity index (χ0v) is 16.3. The molecule has 0 aliphatic carbocycles. The van der Waals surface area contributed by atoms with Gasteiger partial charge in [0.2, 0.25) is 5.91 Å². The fourth-order valence-electron chi connectivity index (χ4n) is 2.60. The maximum atomic E-state index is 12.1. The second kappa shape index (κ2) is 9.27. The number of thioether (sulfide) groups is 1. The van der Waals surface area contributed by atoms with Crippen molar-refractivity contribution >= 4 is 23.4 Å². The lowest BCUT2D eigenvalue weighted by atomic mass is 10.3. The zero-order valence-electron chi connectivity index (χ0n) is 15.5. The summed E-state index contributed by atoms with van der Waals surface area (Å²) in [6, 6.07) is 13.8. The second-order valence-electron chi connectivity index (χ2n) is 6.09. The predicted molar refractivity (Wildman–Crippen MR) is 107 cm³/mol. The summed E-state index contributed by atoms with van der Waals surface area (Å²) < 4.78 is 7.17. The summed E-state index contributed by atoms with van der Waals surface area (Å²) in [5.41, 5.74) is 1.18. The minimum Gasteiger partial charge on any atom is -0.461 e. The molecular formula is C19H23N5O2S. The van der Waals surface area contributed by atoms with Gasteiger partial charge >= 0.3 is 0 Å². The Labute approximate surface area is 162 Å². The van der Waals surface area contributed by atoms with Crippen LogP contribution in [-0.2, 0) is 11.8 Å². The number of rotatable bonds is 9. The normalized spacial score (nSPS) is 10.7. The van der Waals surface area contributed by atoms with Gasteiger partial charge in [-0.2, -0.15) is 0 Å². The van der Waals surface area contributed by atoms with E-state index in [-0.39, 0.29) is 5.91 Å². The molecule has 1 aromatic carbocycles. The monoisotopic (exact) mass is 385 g/mol. The smallest absolute Gasteiger partial charge is 0.230 e. The number of hydrogen-bond donors (Lipinski definition) is 1. The van der Waals surface area contributed by atoms with Crippen LogP contribution in [0.4, 0.5) is 5.69 Å². The molecule has 0 atom stereocenters. The van der Waals surface area contributed by atoms with Gasteiger partial charge in [0, 0.05) is 32.9 Å². The maximum absolute atomic E-state index is 12.1. The zero-order chi connectivity index (χ0) is 19.1. The van der Waals surface area contributed by atoms with E-state index in [1.54, 1.807) is 12.3 Å². The van der Waals surface area contributed by atoms with Gasteiger partial charge in [0.05, 0.1) is 12.0 Å². The van der Waals surface area contributed by atoms with Crippen LogP contribution in [0.1, 0.15) is 6.42 Å². The quantitative estimate of drug-likeness (QED) is 0.451. The van der Waals surface area contributed by atoms with Crippen molar-refractivity contribution in [3.8, 4) is 11.6 Å². The minimum absolute atomic E-state index is 0.00934. The Morgan fingerprint density at radius 2 is 2.04 bits per heavy atom. The van der Waals surface area contributed by atoms with E-state index in [1.807, 2.05) is 35.9 Å². The van der Waals surface area contributed by atoms with E-state index in [9.17, 15) is 4.79 Å². The van der Waals surface area contributed by atoms with Crippen molar-refractivity contribution in [2.24, 2.45) is 7.05 Å². The molecule has 2 aromatic heterocycles. The highest BCUT2D eigenvalue weighted by atomic mass is 32.2. The number of hydrogen-bond acceptors (Lipinski definition) is 6. The fraction of sp³-hybridized carbons (Fsp3) is 0.316. The number of carbonyl (C=O) groups excluding carboxylic acids is 1. The first kappa shape index (κ1) is 19.0. The third kappa shape index (κ3) is 5.13. The van der Waals surface area contributed by atoms with Gasteiger partial charge in [-0.25, -0.2) is 0 Å². The molecule has 0 aliphatic rings. The predicted octanol–water partition coefficient (Wildman–Crippen LogP) is 2.81. The van der Waals surface area contributed by atoms with E-state index in [2.05, 4.69) is 39.6 Å². The number of nitrogens with zero attached hydrogens (tertiary/aromatic N) is 4. The van der Waals surface area contributed by atoms with Gasteiger partial charge in [-0.1, -0.05) is 30.0 Å². The van der Waals surface area contributed by atoms with Crippen LogP contribution in [0.3, 0.4) is 0 Å². The molecule has 3 rings (SSSR count). The molecule has 7 nitrogen and oxygen atoms in total. The van der Waals surface area contributed by atoms with Crippen molar-refractivity contribution in [1.29, 1.82) is 0 Å². The van der Waals surface area contributed by atoms with Gasteiger partial charge in [-0.05, 0) is 30.7 Å². The molecular weight excluding hydrogens is 362 g/mol. The number of para-hydroxylation sites is 1. The molecule has 2 heterocycles. The topological polar surface area (TPSA) is 76.2 Å². The van der Waals surface area contributed by atoms with Gasteiger partial charge < -0.3 is 19.2 Å². The first-order valence-electron chi connectivity index (χ1n) is 8.74. The number of benzene rings is 1. The van der Waals surface area contributed by atoms with Gasteiger partial charge in [0.25, 0.3) is 0 Å². The van der Waals surface area contributed by atoms with Gasteiger partial charge in [0.15, 0.2) is 16.7 Å². The van der Waals surface area contributed by atoms with Crippen molar-refractivity contribution in [3.63, 3.8) is 0 Å². The standard InChI is InChI=1S/C19H23N5O2S/c1-23(15-8-4-3-5-9-15)12-7-11-20-17(25)14-27-19-22-21-18(24(19)2)16-10-6-13-26-16/h3-6,8-10,13H,7,11-12,14H2,1-2H3,(H,20,25). The van der Waals surface area contributed by atoms with Crippen LogP contribution in [0, 0.1) is 0 Å². The average molecular weight is 385 g/mol. The van der Waals surface area contributed by atoms with Crippen LogP contribution in [0.25, 0.3) is 11.6 Å². The minimum atomic E-state index is -0.00934. The lowest BCUT2D eigenvalue weighted by molar-refractivity contribution is -0.118. The van der Waals surface area contributed by atoms with Crippen LogP contribution >= 0.6 is 11.8 Å². The Morgan fingerprint density at radius 3 is 2.78 bits per heavy atom. The number of nitrogens with one attached hydrogen (secondary N) is 1. The molecule has 0 unspecified atom stereocenters. The molecule has 0 aliphatic heterocycles. The van der Waals surface area contributed by atoms with E-state index in [0.29, 0.717) is 29.0 Å². The molecule has 0 radical (unpaired) electrons. The summed E-state index contributed by atoms with van der Waals surface area (Å²) in [5.74, 6) is 1.60. The Bertz CT molecular complexity index is 848. The molecule has 142 valence electrons. The summed E-state index contributed by atoms with van der Waals surface area (Å²) in [7, 11) is 3.91. The van der Waals surface area contributed by atoms with E-state index >= 15 is 0 Å². The highest BCUT2D eigenvalue weighted by molar-refractivity contribution is 7.99. The van der Waals surface area contributed by atoms with E-state index in [0.717, 1.165) is 13.0 Å². The third-order valence-electron chi connectivity index (χ3n) is 4.10. The second-order valence-corrected chi connectivity index (χ2v) is 7.03. The molecule has 1 N–H and O–H groups in total. The number of amides is 1. The van der Waals surface area contributed by atoms with Gasteiger partial charge in [-0.3, -0.25) is 4.79 Å². The largest absolute Gasteiger partial charge is 0.461 e. The lowest BCUT2D eigenvalue weighted by Gasteiger charge is -2.19. The summed E-state index contributed by atoms with van der Waals surface area (Å²) >= 11 is 1.36. The first-order valence-corrected chi connectivity index (χ1v) is 9.72. The maximum Gasteiger partial charge on any atom is 0.230 e. The molecule has 3 aromatic rings. The molecule has 0 spiro atoms. The van der Waals surface area contributed by atoms with Crippen LogP contribution in [0.15, 0.2) is 58.3 Å². The van der Waals surface area contributed by atoms with Gasteiger partial charge in [-0.15, -0.1) is 10.2 Å². The molecule has 0 bridgehead atoms. The van der Waals surface area contributed by atoms with E-state index in [1.165, 1.54) is 17.4 Å². The van der Waals surface area contributed by atoms with Crippen LogP contribution in [0.5, 0.6) is 0 Å². The number of anilines is 1. The molecule has 1 amide bonds. The van der Waals surface area contributed by atoms with Crippen LogP contribution in [-0.4, -0.2) is 46.6 Å². The SMILES string of the molecule is CN(CCCNC(=O)CSc1nnc(-c2ccco2)n1C)c1ccccc1. The lowest BCUT2D eigenvalue weighted by Crippen LogP contribution is -2.29. The Hall–Kier alpha value is -2.74. The number of aromatic nitrogens is 3. The first-order chi connectivity index (χ1) is 13.1. The Kier molecular flexibility index (Phi) is 6.54. The van der Waals surface area contributed by atoms with Crippen molar-refractivity contribution in [1.82, 2.24) is 20.1 Å². The summed E-state index contributed by atoms with van der Waals surface area (Å²) in [6.45, 7) is 1.53. The average Bonchev–Trinajstić information content (AvgIpc) is 3.34. The molecule has 8 heteroatoms. The van der Waals surface area contributed by atoms with Crippen molar-refractivity contribution in [2.75, 3.05) is 30.8 Å². The molecule has 27 heavy (non-hydrogen) atoms. The van der Waals surface area contributed by atoms with Crippen LogP contribution < -0.4 is 10.2 Å². The third-order valence-corrected chi connectivity index (χ3v) is 5.12. The highest BCUT2D eigenvalue weighted by Crippen LogP contribution is 2.22. The Morgan fingerprint density at radius 1 is 1.22 bits per heavy atom. The highest BCUT2D eigenvalue weighted by Gasteiger charge is 2.14. The summed E-state index contributed by atoms with van der Waals surface area (Å²) in [4.78, 5) is 14.2. The Balaban J connectivity index is 1.38. The van der Waals surface area contributed by atoms with Crippen molar-refractivity contribution < 1.29 is 9.21 Å². The number of carbonyl (C=O) groups is 1. The van der Waals surface area contributed by atoms with Crippen LogP contribution in [0.2, 0.25) is 0 Å². The van der Waals surface area contributed by atoms with E-state index in [4.69, 9.17) is 4.42 Å². The molecule has 0 saturated heterocycles. The summed E-state index contributed by atoms with van der Waals surface area (Å²) in [5, 5.41) is 11.9. The summed E-state index contributed by atoms with van der Waals surface area (Å²) in [6.07, 6.45) is 2.48. The molecule has 0 fully saturated rings.